The van der Waals surface area contributed by atoms with Crippen molar-refractivity contribution >= 4 is 38.3 Å². The Morgan fingerprint density at radius 1 is 1.07 bits per heavy atom. The Morgan fingerprint density at radius 2 is 1.77 bits per heavy atom. The predicted octanol–water partition coefficient (Wildman–Crippen LogP) is 3.38. The number of nitrogens with one attached hydrogen (secondary N) is 2. The van der Waals surface area contributed by atoms with Gasteiger partial charge in [-0.15, -0.1) is 0 Å². The number of nitrogens with zero attached hydrogens (tertiary/aromatic N) is 1. The van der Waals surface area contributed by atoms with Crippen LogP contribution in [0.3, 0.4) is 0 Å². The standard InChI is InChI=1S/C22H24ClN3O3S/c1-14-4-7-18(12-15(14)2)21-16(3)22(26-30(21,28)29)25-13-20(27)24-11-10-17-5-8-19(23)9-6-17/h4-9,12H,10-11,13H2,1-3H3,(H,24,27)(H,25,26). The Labute approximate surface area is 182 Å². The average molecular weight is 446 g/mol. The SMILES string of the molecule is CC1=C(c2ccc(C)c(C)c2)S(=O)(=O)NC1=NCC(=O)NCCc1ccc(Cl)cc1. The lowest BCUT2D eigenvalue weighted by Gasteiger charge is -2.06. The van der Waals surface area contributed by atoms with E-state index in [4.69, 9.17) is 11.6 Å². The van der Waals surface area contributed by atoms with Gasteiger partial charge in [-0.1, -0.05) is 41.9 Å². The van der Waals surface area contributed by atoms with Crippen molar-refractivity contribution in [2.75, 3.05) is 13.1 Å². The van der Waals surface area contributed by atoms with Crippen molar-refractivity contribution in [2.45, 2.75) is 27.2 Å². The molecule has 2 aromatic rings. The molecule has 2 aromatic carbocycles. The maximum Gasteiger partial charge on any atom is 0.264 e. The molecule has 8 heteroatoms. The van der Waals surface area contributed by atoms with Gasteiger partial charge < -0.3 is 5.32 Å². The molecule has 0 fully saturated rings. The molecule has 2 N–H and O–H groups in total. The highest BCUT2D eigenvalue weighted by Crippen LogP contribution is 2.30. The highest BCUT2D eigenvalue weighted by Gasteiger charge is 2.32. The molecule has 0 saturated carbocycles. The number of aliphatic imine (C=N–C) groups is 1. The lowest BCUT2D eigenvalue weighted by atomic mass is 10.0. The normalized spacial score (nSPS) is 16.6. The van der Waals surface area contributed by atoms with Crippen molar-refractivity contribution in [2.24, 2.45) is 4.99 Å². The number of hydrogen-bond donors (Lipinski definition) is 2. The molecule has 1 heterocycles. The summed E-state index contributed by atoms with van der Waals surface area (Å²) in [6.07, 6.45) is 0.669. The Bertz CT molecular complexity index is 1140. The summed E-state index contributed by atoms with van der Waals surface area (Å²) < 4.78 is 27.7. The molecular formula is C22H24ClN3O3S. The van der Waals surface area contributed by atoms with Crippen LogP contribution in [0.15, 0.2) is 53.0 Å². The molecule has 158 valence electrons. The topological polar surface area (TPSA) is 87.6 Å². The summed E-state index contributed by atoms with van der Waals surface area (Å²) in [5, 5.41) is 3.46. The summed E-state index contributed by atoms with van der Waals surface area (Å²) in [6.45, 7) is 5.91. The molecule has 0 atom stereocenters. The van der Waals surface area contributed by atoms with E-state index in [1.807, 2.05) is 38.1 Å². The number of amides is 1. The second kappa shape index (κ2) is 9.02. The molecule has 6 nitrogen and oxygen atoms in total. The first kappa shape index (κ1) is 22.1. The van der Waals surface area contributed by atoms with E-state index in [0.29, 0.717) is 29.1 Å². The highest BCUT2D eigenvalue weighted by atomic mass is 35.5. The molecule has 0 aromatic heterocycles. The highest BCUT2D eigenvalue weighted by molar-refractivity contribution is 8.00. The number of benzene rings is 2. The largest absolute Gasteiger partial charge is 0.354 e. The van der Waals surface area contributed by atoms with Gasteiger partial charge in [-0.05, 0) is 61.6 Å². The van der Waals surface area contributed by atoms with Crippen LogP contribution in [0.5, 0.6) is 0 Å². The van der Waals surface area contributed by atoms with Crippen LogP contribution in [-0.2, 0) is 21.2 Å². The van der Waals surface area contributed by atoms with Crippen LogP contribution in [0.25, 0.3) is 4.91 Å². The van der Waals surface area contributed by atoms with Gasteiger partial charge in [-0.25, -0.2) is 8.42 Å². The molecule has 3 rings (SSSR count). The average Bonchev–Trinajstić information content (AvgIpc) is 2.92. The van der Waals surface area contributed by atoms with Gasteiger partial charge in [-0.3, -0.25) is 14.5 Å². The predicted molar refractivity (Wildman–Crippen MR) is 121 cm³/mol. The third-order valence-electron chi connectivity index (χ3n) is 4.99. The van der Waals surface area contributed by atoms with E-state index >= 15 is 0 Å². The molecule has 1 amide bonds. The van der Waals surface area contributed by atoms with Crippen LogP contribution in [0, 0.1) is 13.8 Å². The summed E-state index contributed by atoms with van der Waals surface area (Å²) in [5.41, 5.74) is 4.28. The number of rotatable bonds is 6. The summed E-state index contributed by atoms with van der Waals surface area (Å²) in [7, 11) is -3.72. The summed E-state index contributed by atoms with van der Waals surface area (Å²) in [6, 6.07) is 12.9. The van der Waals surface area contributed by atoms with Crippen molar-refractivity contribution < 1.29 is 13.2 Å². The zero-order chi connectivity index (χ0) is 21.9. The number of sulfonamides is 1. The number of aryl methyl sites for hydroxylation is 2. The molecule has 0 radical (unpaired) electrons. The molecule has 0 aliphatic carbocycles. The van der Waals surface area contributed by atoms with Gasteiger partial charge in [0.15, 0.2) is 0 Å². The molecular weight excluding hydrogens is 422 g/mol. The second-order valence-electron chi connectivity index (χ2n) is 7.25. The Kier molecular flexibility index (Phi) is 6.63. The van der Waals surface area contributed by atoms with E-state index in [-0.39, 0.29) is 23.2 Å². The summed E-state index contributed by atoms with van der Waals surface area (Å²) in [5.74, 6) is -0.0702. The first-order valence-electron chi connectivity index (χ1n) is 9.54. The summed E-state index contributed by atoms with van der Waals surface area (Å²) in [4.78, 5) is 16.5. The Balaban J connectivity index is 1.66. The van der Waals surface area contributed by atoms with Gasteiger partial charge in [0.2, 0.25) is 5.91 Å². The minimum Gasteiger partial charge on any atom is -0.354 e. The zero-order valence-corrected chi connectivity index (χ0v) is 18.7. The monoisotopic (exact) mass is 445 g/mol. The van der Waals surface area contributed by atoms with Crippen molar-refractivity contribution in [1.82, 2.24) is 10.0 Å². The van der Waals surface area contributed by atoms with E-state index in [2.05, 4.69) is 15.0 Å². The lowest BCUT2D eigenvalue weighted by Crippen LogP contribution is -2.30. The molecule has 0 unspecified atom stereocenters. The van der Waals surface area contributed by atoms with E-state index in [1.54, 1.807) is 25.1 Å². The van der Waals surface area contributed by atoms with Gasteiger partial charge >= 0.3 is 0 Å². The smallest absolute Gasteiger partial charge is 0.264 e. The third-order valence-corrected chi connectivity index (χ3v) is 6.79. The fourth-order valence-electron chi connectivity index (χ4n) is 3.17. The third kappa shape index (κ3) is 5.09. The van der Waals surface area contributed by atoms with Gasteiger partial charge in [0.25, 0.3) is 10.0 Å². The van der Waals surface area contributed by atoms with E-state index in [0.717, 1.165) is 16.7 Å². The fourth-order valence-corrected chi connectivity index (χ4v) is 4.81. The number of carbonyl (C=O) groups is 1. The number of hydrogen-bond acceptors (Lipinski definition) is 4. The van der Waals surface area contributed by atoms with Crippen LogP contribution in [0.1, 0.15) is 29.2 Å². The van der Waals surface area contributed by atoms with E-state index in [9.17, 15) is 13.2 Å². The zero-order valence-electron chi connectivity index (χ0n) is 17.1. The maximum absolute atomic E-state index is 12.6. The van der Waals surface area contributed by atoms with E-state index < -0.39 is 10.0 Å². The van der Waals surface area contributed by atoms with Crippen molar-refractivity contribution in [3.8, 4) is 0 Å². The number of carbonyl (C=O) groups excluding carboxylic acids is 1. The second-order valence-corrected chi connectivity index (χ2v) is 9.31. The minimum absolute atomic E-state index is 0.157. The number of amidine groups is 1. The van der Waals surface area contributed by atoms with Crippen LogP contribution in [0.2, 0.25) is 5.02 Å². The molecule has 0 saturated heterocycles. The van der Waals surface area contributed by atoms with Crippen molar-refractivity contribution in [1.29, 1.82) is 0 Å². The van der Waals surface area contributed by atoms with Gasteiger partial charge in [0, 0.05) is 17.1 Å². The Morgan fingerprint density at radius 3 is 2.43 bits per heavy atom. The van der Waals surface area contributed by atoms with Crippen molar-refractivity contribution in [3.63, 3.8) is 0 Å². The fraction of sp³-hybridized carbons (Fsp3) is 0.273. The van der Waals surface area contributed by atoms with Crippen LogP contribution in [-0.4, -0.2) is 33.3 Å². The summed E-state index contributed by atoms with van der Waals surface area (Å²) >= 11 is 5.86. The lowest BCUT2D eigenvalue weighted by molar-refractivity contribution is -0.119. The molecule has 30 heavy (non-hydrogen) atoms. The van der Waals surface area contributed by atoms with Gasteiger partial charge in [0.05, 0.1) is 0 Å². The van der Waals surface area contributed by atoms with Crippen LogP contribution in [0.4, 0.5) is 0 Å². The Hall–Kier alpha value is -2.64. The van der Waals surface area contributed by atoms with Gasteiger partial charge in [-0.2, -0.15) is 0 Å². The molecule has 1 aliphatic heterocycles. The first-order chi connectivity index (χ1) is 14.2. The van der Waals surface area contributed by atoms with Crippen molar-refractivity contribution in [3.05, 3.63) is 75.3 Å². The van der Waals surface area contributed by atoms with Crippen LogP contribution >= 0.6 is 11.6 Å². The first-order valence-corrected chi connectivity index (χ1v) is 11.4. The maximum atomic E-state index is 12.6. The quantitative estimate of drug-likeness (QED) is 0.714. The van der Waals surface area contributed by atoms with Gasteiger partial charge in [0.1, 0.15) is 17.3 Å². The molecule has 0 bridgehead atoms. The molecule has 1 aliphatic rings. The minimum atomic E-state index is -3.72. The van der Waals surface area contributed by atoms with Crippen LogP contribution < -0.4 is 10.0 Å². The van der Waals surface area contributed by atoms with E-state index in [1.165, 1.54) is 0 Å². The molecule has 0 spiro atoms. The number of halogens is 1.